The van der Waals surface area contributed by atoms with Gasteiger partial charge in [0, 0.05) is 43.8 Å². The molecule has 1 aliphatic heterocycles. The molecule has 3 N–H and O–H groups in total. The number of nitrogens with one attached hydrogen (secondary N) is 3. The normalized spacial score (nSPS) is 13.4. The standard InChI is InChI=1S/C24H29N5O2.HI/c1-17-7-5-8-19-23(17)18(15-28-19)11-13-27-24(25-2)26-12-6-14-29-20-9-3-4-10-21(20)31-16-22(29)30;/h3-5,7-10,15,28H,6,11-14,16H2,1-2H3,(H2,25,26,27);1H. The molecule has 8 heteroatoms. The van der Waals surface area contributed by atoms with Crippen molar-refractivity contribution in [3.8, 4) is 5.75 Å². The highest BCUT2D eigenvalue weighted by atomic mass is 127. The molecule has 0 unspecified atom stereocenters. The number of ether oxygens (including phenoxy) is 1. The molecule has 0 radical (unpaired) electrons. The zero-order chi connectivity index (χ0) is 21.6. The van der Waals surface area contributed by atoms with Crippen LogP contribution in [0.2, 0.25) is 0 Å². The van der Waals surface area contributed by atoms with Crippen LogP contribution in [0.4, 0.5) is 5.69 Å². The first kappa shape index (κ1) is 23.9. The average Bonchev–Trinajstić information content (AvgIpc) is 3.21. The Labute approximate surface area is 205 Å². The highest BCUT2D eigenvalue weighted by molar-refractivity contribution is 14.0. The minimum atomic E-state index is -0.00442. The lowest BCUT2D eigenvalue weighted by molar-refractivity contribution is -0.121. The predicted molar refractivity (Wildman–Crippen MR) is 140 cm³/mol. The van der Waals surface area contributed by atoms with Crippen molar-refractivity contribution in [3.63, 3.8) is 0 Å². The Morgan fingerprint density at radius 3 is 2.81 bits per heavy atom. The van der Waals surface area contributed by atoms with E-state index in [-0.39, 0.29) is 36.5 Å². The summed E-state index contributed by atoms with van der Waals surface area (Å²) in [6.07, 6.45) is 3.81. The Hall–Kier alpha value is -2.75. The number of guanidine groups is 1. The summed E-state index contributed by atoms with van der Waals surface area (Å²) in [5, 5.41) is 8.03. The largest absolute Gasteiger partial charge is 0.482 e. The topological polar surface area (TPSA) is 81.8 Å². The van der Waals surface area contributed by atoms with Gasteiger partial charge in [0.15, 0.2) is 12.6 Å². The number of para-hydroxylation sites is 2. The number of amides is 1. The summed E-state index contributed by atoms with van der Waals surface area (Å²) in [6.45, 7) is 4.39. The molecule has 0 spiro atoms. The van der Waals surface area contributed by atoms with E-state index < -0.39 is 0 Å². The zero-order valence-corrected chi connectivity index (χ0v) is 20.8. The number of nitrogens with zero attached hydrogens (tertiary/aromatic N) is 2. The molecule has 1 aromatic heterocycles. The van der Waals surface area contributed by atoms with Crippen LogP contribution in [-0.2, 0) is 11.2 Å². The molecule has 0 atom stereocenters. The summed E-state index contributed by atoms with van der Waals surface area (Å²) >= 11 is 0. The van der Waals surface area contributed by atoms with Crippen molar-refractivity contribution in [2.45, 2.75) is 19.8 Å². The number of carbonyl (C=O) groups is 1. The lowest BCUT2D eigenvalue weighted by Gasteiger charge is -2.29. The molecule has 1 amide bonds. The summed E-state index contributed by atoms with van der Waals surface area (Å²) in [6, 6.07) is 14.0. The first-order valence-electron chi connectivity index (χ1n) is 10.7. The fraction of sp³-hybridized carbons (Fsp3) is 0.333. The van der Waals surface area contributed by atoms with Gasteiger partial charge in [-0.3, -0.25) is 9.79 Å². The monoisotopic (exact) mass is 547 g/mol. The number of fused-ring (bicyclic) bond motifs is 2. The second-order valence-corrected chi connectivity index (χ2v) is 7.64. The molecule has 7 nitrogen and oxygen atoms in total. The second-order valence-electron chi connectivity index (χ2n) is 7.64. The van der Waals surface area contributed by atoms with Crippen molar-refractivity contribution in [1.82, 2.24) is 15.6 Å². The van der Waals surface area contributed by atoms with Crippen LogP contribution >= 0.6 is 24.0 Å². The van der Waals surface area contributed by atoms with Crippen molar-refractivity contribution < 1.29 is 9.53 Å². The van der Waals surface area contributed by atoms with E-state index in [9.17, 15) is 4.79 Å². The first-order chi connectivity index (χ1) is 15.2. The molecule has 0 fully saturated rings. The number of H-pyrrole nitrogens is 1. The number of carbonyl (C=O) groups excluding carboxylic acids is 1. The van der Waals surface area contributed by atoms with Crippen LogP contribution in [0.3, 0.4) is 0 Å². The van der Waals surface area contributed by atoms with Gasteiger partial charge in [0.25, 0.3) is 5.91 Å². The molecule has 2 aromatic carbocycles. The number of aliphatic imine (C=N–C) groups is 1. The fourth-order valence-corrected chi connectivity index (χ4v) is 4.03. The van der Waals surface area contributed by atoms with Gasteiger partial charge >= 0.3 is 0 Å². The van der Waals surface area contributed by atoms with E-state index in [4.69, 9.17) is 4.74 Å². The Balaban J connectivity index is 0.00000289. The van der Waals surface area contributed by atoms with Crippen molar-refractivity contribution in [1.29, 1.82) is 0 Å². The number of hydrogen-bond donors (Lipinski definition) is 3. The van der Waals surface area contributed by atoms with Gasteiger partial charge in [-0.2, -0.15) is 0 Å². The molecule has 2 heterocycles. The third-order valence-electron chi connectivity index (χ3n) is 5.57. The second kappa shape index (κ2) is 11.2. The van der Waals surface area contributed by atoms with Gasteiger partial charge in [-0.1, -0.05) is 24.3 Å². The number of anilines is 1. The molecule has 1 aliphatic rings. The molecule has 0 bridgehead atoms. The Kier molecular flexibility index (Phi) is 8.38. The highest BCUT2D eigenvalue weighted by Crippen LogP contribution is 2.31. The molecule has 32 heavy (non-hydrogen) atoms. The number of rotatable bonds is 7. The van der Waals surface area contributed by atoms with Crippen LogP contribution in [0.15, 0.2) is 53.7 Å². The minimum absolute atomic E-state index is 0. The van der Waals surface area contributed by atoms with Gasteiger partial charge < -0.3 is 25.3 Å². The number of aromatic nitrogens is 1. The number of halogens is 1. The van der Waals surface area contributed by atoms with E-state index in [0.29, 0.717) is 6.54 Å². The number of aryl methyl sites for hydroxylation is 1. The Morgan fingerprint density at radius 2 is 1.97 bits per heavy atom. The number of benzene rings is 2. The van der Waals surface area contributed by atoms with Gasteiger partial charge in [-0.15, -0.1) is 24.0 Å². The van der Waals surface area contributed by atoms with Crippen LogP contribution in [0, 0.1) is 6.92 Å². The van der Waals surface area contributed by atoms with E-state index in [0.717, 1.165) is 43.3 Å². The number of hydrogen-bond acceptors (Lipinski definition) is 3. The van der Waals surface area contributed by atoms with E-state index in [1.165, 1.54) is 22.0 Å². The molecule has 3 aromatic rings. The smallest absolute Gasteiger partial charge is 0.265 e. The third-order valence-corrected chi connectivity index (χ3v) is 5.57. The van der Waals surface area contributed by atoms with Gasteiger partial charge in [0.05, 0.1) is 5.69 Å². The lowest BCUT2D eigenvalue weighted by atomic mass is 10.1. The molecular weight excluding hydrogens is 517 g/mol. The fourth-order valence-electron chi connectivity index (χ4n) is 4.03. The Bertz CT molecular complexity index is 1090. The van der Waals surface area contributed by atoms with Crippen LogP contribution < -0.4 is 20.3 Å². The SMILES string of the molecule is CN=C(NCCCN1C(=O)COc2ccccc21)NCCc1c[nH]c2cccc(C)c12.I. The maximum absolute atomic E-state index is 12.3. The van der Waals surface area contributed by atoms with E-state index in [2.05, 4.69) is 51.9 Å². The molecule has 170 valence electrons. The molecular formula is C24H30IN5O2. The van der Waals surface area contributed by atoms with Crippen LogP contribution in [0.1, 0.15) is 17.5 Å². The molecule has 0 saturated heterocycles. The summed E-state index contributed by atoms with van der Waals surface area (Å²) in [5.41, 5.74) is 4.61. The molecule has 4 rings (SSSR count). The predicted octanol–water partition coefficient (Wildman–Crippen LogP) is 3.62. The van der Waals surface area contributed by atoms with Gasteiger partial charge in [0.1, 0.15) is 5.75 Å². The summed E-state index contributed by atoms with van der Waals surface area (Å²) in [7, 11) is 1.77. The lowest BCUT2D eigenvalue weighted by Crippen LogP contribution is -2.42. The molecule has 0 aliphatic carbocycles. The van der Waals surface area contributed by atoms with E-state index >= 15 is 0 Å². The minimum Gasteiger partial charge on any atom is -0.482 e. The van der Waals surface area contributed by atoms with Crippen molar-refractivity contribution in [2.75, 3.05) is 38.2 Å². The maximum atomic E-state index is 12.3. The highest BCUT2D eigenvalue weighted by Gasteiger charge is 2.24. The van der Waals surface area contributed by atoms with Gasteiger partial charge in [0.2, 0.25) is 0 Å². The average molecular weight is 547 g/mol. The third kappa shape index (κ3) is 5.35. The first-order valence-corrected chi connectivity index (χ1v) is 10.7. The molecule has 0 saturated carbocycles. The van der Waals surface area contributed by atoms with Gasteiger partial charge in [-0.05, 0) is 49.1 Å². The number of aromatic amines is 1. The zero-order valence-electron chi connectivity index (χ0n) is 18.5. The van der Waals surface area contributed by atoms with Crippen molar-refractivity contribution >= 4 is 52.4 Å². The maximum Gasteiger partial charge on any atom is 0.265 e. The van der Waals surface area contributed by atoms with Crippen molar-refractivity contribution in [2.24, 2.45) is 4.99 Å². The summed E-state index contributed by atoms with van der Waals surface area (Å²) in [5.74, 6) is 1.53. The van der Waals surface area contributed by atoms with Crippen LogP contribution in [0.25, 0.3) is 10.9 Å². The Morgan fingerprint density at radius 1 is 1.16 bits per heavy atom. The van der Waals surface area contributed by atoms with E-state index in [1.807, 2.05) is 24.3 Å². The van der Waals surface area contributed by atoms with E-state index in [1.54, 1.807) is 11.9 Å². The quantitative estimate of drug-likeness (QED) is 0.183. The summed E-state index contributed by atoms with van der Waals surface area (Å²) in [4.78, 5) is 21.7. The van der Waals surface area contributed by atoms with Gasteiger partial charge in [-0.25, -0.2) is 0 Å². The summed E-state index contributed by atoms with van der Waals surface area (Å²) < 4.78 is 5.50. The van der Waals surface area contributed by atoms with Crippen LogP contribution in [-0.4, -0.2) is 50.1 Å². The van der Waals surface area contributed by atoms with Crippen molar-refractivity contribution in [3.05, 3.63) is 59.8 Å². The van der Waals surface area contributed by atoms with Crippen LogP contribution in [0.5, 0.6) is 5.75 Å².